The van der Waals surface area contributed by atoms with Gasteiger partial charge in [-0.05, 0) is 38.4 Å². The zero-order valence-corrected chi connectivity index (χ0v) is 17.0. The summed E-state index contributed by atoms with van der Waals surface area (Å²) in [6, 6.07) is 3.17. The molecule has 1 amide bonds. The van der Waals surface area contributed by atoms with Crippen LogP contribution in [-0.4, -0.2) is 43.1 Å². The Morgan fingerprint density at radius 2 is 1.92 bits per heavy atom. The van der Waals surface area contributed by atoms with Crippen LogP contribution in [0.2, 0.25) is 5.02 Å². The number of nitrogens with two attached hydrogens (primary N) is 1. The maximum absolute atomic E-state index is 12.6. The van der Waals surface area contributed by atoms with Crippen LogP contribution in [0.4, 0.5) is 5.69 Å². The van der Waals surface area contributed by atoms with Crippen molar-refractivity contribution < 1.29 is 9.53 Å². The maximum atomic E-state index is 12.6. The van der Waals surface area contributed by atoms with E-state index in [1.54, 1.807) is 12.1 Å². The molecule has 3 N–H and O–H groups in total. The van der Waals surface area contributed by atoms with Crippen LogP contribution in [0, 0.1) is 0 Å². The molecule has 0 saturated heterocycles. The summed E-state index contributed by atoms with van der Waals surface area (Å²) in [6.45, 7) is 7.18. The average Bonchev–Trinajstić information content (AvgIpc) is 2.65. The van der Waals surface area contributed by atoms with E-state index in [1.165, 1.54) is 39.2 Å². The number of carbonyl (C=O) groups is 1. The first-order valence-electron chi connectivity index (χ1n) is 9.63. The van der Waals surface area contributed by atoms with Crippen LogP contribution < -0.4 is 15.8 Å². The van der Waals surface area contributed by atoms with Crippen molar-refractivity contribution in [3.8, 4) is 5.75 Å². The van der Waals surface area contributed by atoms with Gasteiger partial charge < -0.3 is 15.8 Å². The molecule has 0 heterocycles. The second kappa shape index (κ2) is 9.47. The van der Waals surface area contributed by atoms with Crippen molar-refractivity contribution >= 4 is 23.2 Å². The third-order valence-electron chi connectivity index (χ3n) is 5.66. The SMILES string of the molecule is CCN(CC)C1(CCNC(=O)c2cc(Cl)c(N)cc2OC)CCCCC1. The van der Waals surface area contributed by atoms with Crippen LogP contribution in [-0.2, 0) is 0 Å². The Morgan fingerprint density at radius 3 is 2.50 bits per heavy atom. The van der Waals surface area contributed by atoms with Gasteiger partial charge in [0.05, 0.1) is 23.4 Å². The van der Waals surface area contributed by atoms with Gasteiger partial charge in [-0.15, -0.1) is 0 Å². The van der Waals surface area contributed by atoms with Gasteiger partial charge in [-0.3, -0.25) is 9.69 Å². The van der Waals surface area contributed by atoms with Gasteiger partial charge in [0.25, 0.3) is 5.91 Å². The minimum Gasteiger partial charge on any atom is -0.496 e. The summed E-state index contributed by atoms with van der Waals surface area (Å²) in [5, 5.41) is 3.41. The molecule has 0 unspecified atom stereocenters. The first kappa shape index (κ1) is 20.8. The number of hydrogen-bond acceptors (Lipinski definition) is 4. The smallest absolute Gasteiger partial charge is 0.255 e. The van der Waals surface area contributed by atoms with Crippen molar-refractivity contribution in [3.05, 3.63) is 22.7 Å². The van der Waals surface area contributed by atoms with Crippen molar-refractivity contribution in [1.82, 2.24) is 10.2 Å². The fourth-order valence-electron chi connectivity index (χ4n) is 4.25. The number of benzene rings is 1. The summed E-state index contributed by atoms with van der Waals surface area (Å²) in [5.74, 6) is 0.273. The minimum absolute atomic E-state index is 0.172. The van der Waals surface area contributed by atoms with Gasteiger partial charge in [0, 0.05) is 18.2 Å². The number of methoxy groups -OCH3 is 1. The lowest BCUT2D eigenvalue weighted by Gasteiger charge is -2.46. The third kappa shape index (κ3) is 4.63. The molecule has 5 nitrogen and oxygen atoms in total. The van der Waals surface area contributed by atoms with Crippen LogP contribution in [0.3, 0.4) is 0 Å². The fourth-order valence-corrected chi connectivity index (χ4v) is 4.41. The summed E-state index contributed by atoms with van der Waals surface area (Å²) in [6.07, 6.45) is 7.24. The fraction of sp³-hybridized carbons (Fsp3) is 0.650. The second-order valence-electron chi connectivity index (χ2n) is 7.04. The van der Waals surface area contributed by atoms with Gasteiger partial charge in [0.15, 0.2) is 0 Å². The van der Waals surface area contributed by atoms with Crippen molar-refractivity contribution in [2.75, 3.05) is 32.5 Å². The van der Waals surface area contributed by atoms with Crippen molar-refractivity contribution in [1.29, 1.82) is 0 Å². The molecule has 1 saturated carbocycles. The zero-order chi connectivity index (χ0) is 19.2. The first-order valence-corrected chi connectivity index (χ1v) is 10.0. The normalized spacial score (nSPS) is 16.5. The summed E-state index contributed by atoms with van der Waals surface area (Å²) in [7, 11) is 1.52. The van der Waals surface area contributed by atoms with Gasteiger partial charge >= 0.3 is 0 Å². The minimum atomic E-state index is -0.172. The van der Waals surface area contributed by atoms with E-state index in [0.717, 1.165) is 19.5 Å². The highest BCUT2D eigenvalue weighted by molar-refractivity contribution is 6.33. The van der Waals surface area contributed by atoms with E-state index in [2.05, 4.69) is 24.1 Å². The maximum Gasteiger partial charge on any atom is 0.255 e. The summed E-state index contributed by atoms with van der Waals surface area (Å²) < 4.78 is 5.28. The van der Waals surface area contributed by atoms with Gasteiger partial charge in [-0.25, -0.2) is 0 Å². The quantitative estimate of drug-likeness (QED) is 0.665. The number of nitrogen functional groups attached to an aromatic ring is 1. The second-order valence-corrected chi connectivity index (χ2v) is 7.44. The molecule has 146 valence electrons. The molecule has 0 atom stereocenters. The molecule has 1 aliphatic carbocycles. The van der Waals surface area contributed by atoms with E-state index in [0.29, 0.717) is 28.6 Å². The predicted molar refractivity (Wildman–Crippen MR) is 108 cm³/mol. The van der Waals surface area contributed by atoms with E-state index in [4.69, 9.17) is 22.1 Å². The van der Waals surface area contributed by atoms with E-state index < -0.39 is 0 Å². The molecule has 2 rings (SSSR count). The Labute approximate surface area is 162 Å². The summed E-state index contributed by atoms with van der Waals surface area (Å²) in [5.41, 5.74) is 6.83. The van der Waals surface area contributed by atoms with Crippen LogP contribution >= 0.6 is 11.6 Å². The van der Waals surface area contributed by atoms with Crippen LogP contribution in [0.5, 0.6) is 5.75 Å². The summed E-state index contributed by atoms with van der Waals surface area (Å²) >= 11 is 6.08. The Kier molecular flexibility index (Phi) is 7.59. The lowest BCUT2D eigenvalue weighted by molar-refractivity contribution is 0.0508. The molecule has 0 aliphatic heterocycles. The molecular weight excluding hydrogens is 350 g/mol. The largest absolute Gasteiger partial charge is 0.496 e. The molecule has 1 aromatic carbocycles. The Balaban J connectivity index is 2.05. The number of ether oxygens (including phenoxy) is 1. The standard InChI is InChI=1S/C20H32ClN3O2/c1-4-24(5-2)20(9-7-6-8-10-20)11-12-23-19(25)15-13-16(21)17(22)14-18(15)26-3/h13-14H,4-12,22H2,1-3H3,(H,23,25). The van der Waals surface area contributed by atoms with Gasteiger partial charge in [-0.1, -0.05) is 44.7 Å². The molecule has 0 radical (unpaired) electrons. The van der Waals surface area contributed by atoms with E-state index >= 15 is 0 Å². The van der Waals surface area contributed by atoms with Crippen molar-refractivity contribution in [2.45, 2.75) is 57.9 Å². The molecule has 0 spiro atoms. The van der Waals surface area contributed by atoms with Crippen LogP contribution in [0.15, 0.2) is 12.1 Å². The van der Waals surface area contributed by atoms with Crippen molar-refractivity contribution in [2.24, 2.45) is 0 Å². The van der Waals surface area contributed by atoms with Gasteiger partial charge in [0.2, 0.25) is 0 Å². The molecule has 1 aromatic rings. The Hall–Kier alpha value is -1.46. The molecular formula is C20H32ClN3O2. The van der Waals surface area contributed by atoms with Gasteiger partial charge in [-0.2, -0.15) is 0 Å². The highest BCUT2D eigenvalue weighted by atomic mass is 35.5. The number of hydrogen-bond donors (Lipinski definition) is 2. The number of amides is 1. The molecule has 0 aromatic heterocycles. The number of carbonyl (C=O) groups excluding carboxylic acids is 1. The predicted octanol–water partition coefficient (Wildman–Crippen LogP) is 4.10. The molecule has 1 fully saturated rings. The lowest BCUT2D eigenvalue weighted by atomic mass is 9.77. The topological polar surface area (TPSA) is 67.6 Å². The van der Waals surface area contributed by atoms with E-state index in [-0.39, 0.29) is 11.4 Å². The lowest BCUT2D eigenvalue weighted by Crippen LogP contribution is -2.51. The molecule has 1 aliphatic rings. The monoisotopic (exact) mass is 381 g/mol. The van der Waals surface area contributed by atoms with E-state index in [1.807, 2.05) is 0 Å². The number of halogens is 1. The highest BCUT2D eigenvalue weighted by Gasteiger charge is 2.36. The van der Waals surface area contributed by atoms with Crippen LogP contribution in [0.1, 0.15) is 62.7 Å². The third-order valence-corrected chi connectivity index (χ3v) is 5.99. The zero-order valence-electron chi connectivity index (χ0n) is 16.2. The van der Waals surface area contributed by atoms with Crippen molar-refractivity contribution in [3.63, 3.8) is 0 Å². The molecule has 0 bridgehead atoms. The average molecular weight is 382 g/mol. The summed E-state index contributed by atoms with van der Waals surface area (Å²) in [4.78, 5) is 15.2. The van der Waals surface area contributed by atoms with E-state index in [9.17, 15) is 4.79 Å². The number of nitrogens with zero attached hydrogens (tertiary/aromatic N) is 1. The Morgan fingerprint density at radius 1 is 1.27 bits per heavy atom. The number of nitrogens with one attached hydrogen (secondary N) is 1. The number of rotatable bonds is 8. The highest BCUT2D eigenvalue weighted by Crippen LogP contribution is 2.36. The Bertz CT molecular complexity index is 611. The number of anilines is 1. The first-order chi connectivity index (χ1) is 12.5. The molecule has 26 heavy (non-hydrogen) atoms. The molecule has 6 heteroatoms. The van der Waals surface area contributed by atoms with Crippen LogP contribution in [0.25, 0.3) is 0 Å². The van der Waals surface area contributed by atoms with Gasteiger partial charge in [0.1, 0.15) is 5.75 Å².